The quantitative estimate of drug-likeness (QED) is 0.416. The Hall–Kier alpha value is -3.96. The third-order valence-electron chi connectivity index (χ3n) is 6.62. The van der Waals surface area contributed by atoms with Crippen LogP contribution in [-0.2, 0) is 14.4 Å². The van der Waals surface area contributed by atoms with E-state index in [1.807, 2.05) is 104 Å². The first-order chi connectivity index (χ1) is 16.1. The maximum Gasteiger partial charge on any atom is 0.266 e. The first-order valence-corrected chi connectivity index (χ1v) is 11.1. The Labute approximate surface area is 191 Å². The molecule has 162 valence electrons. The van der Waals surface area contributed by atoms with E-state index in [0.717, 1.165) is 27.6 Å². The van der Waals surface area contributed by atoms with Gasteiger partial charge in [-0.05, 0) is 53.1 Å². The zero-order chi connectivity index (χ0) is 22.5. The molecule has 2 heterocycles. The number of nitrogens with zero attached hydrogens (tertiary/aromatic N) is 2. The largest absolute Gasteiger partial charge is 0.273 e. The number of aryl methyl sites for hydroxylation is 1. The Kier molecular flexibility index (Phi) is 4.52. The fourth-order valence-electron chi connectivity index (χ4n) is 5.02. The summed E-state index contributed by atoms with van der Waals surface area (Å²) in [5, 5.41) is 3.78. The topological polar surface area (TPSA) is 49.9 Å². The van der Waals surface area contributed by atoms with Crippen molar-refractivity contribution in [2.45, 2.75) is 19.1 Å². The average molecular weight is 434 g/mol. The molecule has 5 nitrogen and oxygen atoms in total. The van der Waals surface area contributed by atoms with Crippen LogP contribution in [0, 0.1) is 12.8 Å². The molecule has 0 bridgehead atoms. The summed E-state index contributed by atoms with van der Waals surface area (Å²) in [6, 6.07) is 30.8. The van der Waals surface area contributed by atoms with Crippen molar-refractivity contribution in [2.75, 3.05) is 9.96 Å². The number of amides is 2. The summed E-state index contributed by atoms with van der Waals surface area (Å²) in [4.78, 5) is 34.9. The highest BCUT2D eigenvalue weighted by molar-refractivity contribution is 6.24. The van der Waals surface area contributed by atoms with E-state index in [-0.39, 0.29) is 11.8 Å². The lowest BCUT2D eigenvalue weighted by Crippen LogP contribution is -2.37. The van der Waals surface area contributed by atoms with Gasteiger partial charge in [-0.15, -0.1) is 0 Å². The van der Waals surface area contributed by atoms with Crippen molar-refractivity contribution in [1.29, 1.82) is 0 Å². The summed E-state index contributed by atoms with van der Waals surface area (Å²) in [6.45, 7) is 2.02. The Morgan fingerprint density at radius 2 is 1.39 bits per heavy atom. The molecule has 5 heteroatoms. The summed E-state index contributed by atoms with van der Waals surface area (Å²) in [6.07, 6.45) is -0.867. The Morgan fingerprint density at radius 1 is 0.697 bits per heavy atom. The molecule has 3 atom stereocenters. The molecule has 0 saturated carbocycles. The van der Waals surface area contributed by atoms with Gasteiger partial charge < -0.3 is 0 Å². The molecule has 4 aromatic carbocycles. The van der Waals surface area contributed by atoms with Gasteiger partial charge in [0, 0.05) is 0 Å². The minimum atomic E-state index is -0.867. The Balaban J connectivity index is 1.45. The number of para-hydroxylation sites is 1. The molecular weight excluding hydrogens is 412 g/mol. The summed E-state index contributed by atoms with van der Waals surface area (Å²) >= 11 is 0. The molecule has 2 aliphatic rings. The standard InChI is InChI=1S/C28H22N2O3/c1-18-9-5-8-14-23(18)25-24-26(33-30(25)21-12-3-2-4-13-21)28(32)29(27(24)31)22-16-15-19-10-6-7-11-20(19)17-22/h2-17,24-26H,1H3/t24-,25-,26-/m1/s1. The van der Waals surface area contributed by atoms with E-state index in [2.05, 4.69) is 0 Å². The lowest BCUT2D eigenvalue weighted by Gasteiger charge is -2.29. The normalized spacial score (nSPS) is 22.3. The first-order valence-electron chi connectivity index (χ1n) is 11.1. The Morgan fingerprint density at radius 3 is 2.18 bits per heavy atom. The number of carbonyl (C=O) groups is 2. The van der Waals surface area contributed by atoms with E-state index in [0.29, 0.717) is 5.69 Å². The second kappa shape index (κ2) is 7.57. The molecule has 4 aromatic rings. The van der Waals surface area contributed by atoms with E-state index in [1.54, 1.807) is 5.06 Å². The van der Waals surface area contributed by atoms with Gasteiger partial charge in [0.05, 0.1) is 17.4 Å². The molecule has 2 amide bonds. The van der Waals surface area contributed by atoms with E-state index in [4.69, 9.17) is 4.84 Å². The maximum absolute atomic E-state index is 13.8. The van der Waals surface area contributed by atoms with Crippen molar-refractivity contribution in [3.05, 3.63) is 108 Å². The third kappa shape index (κ3) is 3.04. The van der Waals surface area contributed by atoms with Gasteiger partial charge in [0.25, 0.3) is 5.91 Å². The molecule has 2 aliphatic heterocycles. The highest BCUT2D eigenvalue weighted by Crippen LogP contribution is 2.48. The van der Waals surface area contributed by atoms with Crippen LogP contribution in [0.1, 0.15) is 17.2 Å². The molecule has 0 aromatic heterocycles. The SMILES string of the molecule is Cc1ccccc1[C@@H]1[C@H]2C(=O)N(c3ccc4ccccc4c3)C(=O)[C@@H]2ON1c1ccccc1. The van der Waals surface area contributed by atoms with E-state index < -0.39 is 18.1 Å². The van der Waals surface area contributed by atoms with Crippen LogP contribution in [-0.4, -0.2) is 17.9 Å². The van der Waals surface area contributed by atoms with Crippen LogP contribution in [0.15, 0.2) is 97.1 Å². The van der Waals surface area contributed by atoms with Crippen molar-refractivity contribution in [3.63, 3.8) is 0 Å². The number of benzene rings is 4. The zero-order valence-electron chi connectivity index (χ0n) is 18.1. The van der Waals surface area contributed by atoms with Crippen molar-refractivity contribution in [2.24, 2.45) is 5.92 Å². The molecule has 2 fully saturated rings. The van der Waals surface area contributed by atoms with Gasteiger partial charge in [0.2, 0.25) is 5.91 Å². The smallest absolute Gasteiger partial charge is 0.266 e. The molecule has 2 saturated heterocycles. The van der Waals surface area contributed by atoms with E-state index in [9.17, 15) is 9.59 Å². The molecule has 0 aliphatic carbocycles. The molecule has 0 radical (unpaired) electrons. The number of hydrogen-bond acceptors (Lipinski definition) is 4. The number of hydrogen-bond donors (Lipinski definition) is 0. The molecular formula is C28H22N2O3. The number of fused-ring (bicyclic) bond motifs is 2. The van der Waals surface area contributed by atoms with Gasteiger partial charge in [-0.2, -0.15) is 0 Å². The number of anilines is 2. The monoisotopic (exact) mass is 434 g/mol. The maximum atomic E-state index is 13.8. The highest BCUT2D eigenvalue weighted by atomic mass is 16.7. The number of imide groups is 1. The molecule has 33 heavy (non-hydrogen) atoms. The van der Waals surface area contributed by atoms with Gasteiger partial charge >= 0.3 is 0 Å². The van der Waals surface area contributed by atoms with Crippen LogP contribution >= 0.6 is 0 Å². The molecule has 0 spiro atoms. The van der Waals surface area contributed by atoms with Crippen LogP contribution in [0.5, 0.6) is 0 Å². The summed E-state index contributed by atoms with van der Waals surface area (Å²) < 4.78 is 0. The molecule has 0 unspecified atom stereocenters. The van der Waals surface area contributed by atoms with Gasteiger partial charge in [-0.25, -0.2) is 9.96 Å². The zero-order valence-corrected chi connectivity index (χ0v) is 18.1. The van der Waals surface area contributed by atoms with Gasteiger partial charge in [-0.1, -0.05) is 72.8 Å². The van der Waals surface area contributed by atoms with Gasteiger partial charge in [0.1, 0.15) is 5.92 Å². The highest BCUT2D eigenvalue weighted by Gasteiger charge is 2.60. The van der Waals surface area contributed by atoms with Crippen molar-refractivity contribution >= 4 is 34.0 Å². The lowest BCUT2D eigenvalue weighted by atomic mass is 9.88. The summed E-state index contributed by atoms with van der Waals surface area (Å²) in [7, 11) is 0. The number of rotatable bonds is 3. The van der Waals surface area contributed by atoms with Gasteiger partial charge in [-0.3, -0.25) is 14.4 Å². The number of hydroxylamine groups is 1. The minimum Gasteiger partial charge on any atom is -0.273 e. The van der Waals surface area contributed by atoms with Crippen LogP contribution in [0.3, 0.4) is 0 Å². The number of carbonyl (C=O) groups excluding carboxylic acids is 2. The van der Waals surface area contributed by atoms with Crippen molar-refractivity contribution in [1.82, 2.24) is 0 Å². The van der Waals surface area contributed by atoms with Crippen LogP contribution in [0.4, 0.5) is 11.4 Å². The molecule has 0 N–H and O–H groups in total. The predicted molar refractivity (Wildman–Crippen MR) is 128 cm³/mol. The fraction of sp³-hybridized carbons (Fsp3) is 0.143. The summed E-state index contributed by atoms with van der Waals surface area (Å²) in [5.74, 6) is -1.19. The third-order valence-corrected chi connectivity index (χ3v) is 6.62. The van der Waals surface area contributed by atoms with Crippen molar-refractivity contribution in [3.8, 4) is 0 Å². The summed E-state index contributed by atoms with van der Waals surface area (Å²) in [5.41, 5.74) is 3.43. The van der Waals surface area contributed by atoms with Gasteiger partial charge in [0.15, 0.2) is 6.10 Å². The van der Waals surface area contributed by atoms with E-state index >= 15 is 0 Å². The fourth-order valence-corrected chi connectivity index (χ4v) is 5.02. The van der Waals surface area contributed by atoms with Crippen LogP contribution < -0.4 is 9.96 Å². The van der Waals surface area contributed by atoms with Crippen LogP contribution in [0.25, 0.3) is 10.8 Å². The van der Waals surface area contributed by atoms with E-state index in [1.165, 1.54) is 4.90 Å². The second-order valence-corrected chi connectivity index (χ2v) is 8.56. The second-order valence-electron chi connectivity index (χ2n) is 8.56. The van der Waals surface area contributed by atoms with Crippen LogP contribution in [0.2, 0.25) is 0 Å². The average Bonchev–Trinajstić information content (AvgIpc) is 3.35. The van der Waals surface area contributed by atoms with Crippen molar-refractivity contribution < 1.29 is 14.4 Å². The predicted octanol–water partition coefficient (Wildman–Crippen LogP) is 5.20. The Bertz CT molecular complexity index is 1380. The minimum absolute atomic E-state index is 0.230. The first kappa shape index (κ1) is 19.7. The lowest BCUT2D eigenvalue weighted by molar-refractivity contribution is -0.126. The molecule has 6 rings (SSSR count).